The van der Waals surface area contributed by atoms with Crippen molar-refractivity contribution < 1.29 is 13.2 Å². The molecule has 26 heavy (non-hydrogen) atoms. The van der Waals surface area contributed by atoms with E-state index in [0.717, 1.165) is 31.9 Å². The summed E-state index contributed by atoms with van der Waals surface area (Å²) in [6.45, 7) is 0. The summed E-state index contributed by atoms with van der Waals surface area (Å²) in [5.41, 5.74) is 0.705. The molecule has 0 unspecified atom stereocenters. The summed E-state index contributed by atoms with van der Waals surface area (Å²) >= 11 is 6.18. The molecule has 2 aromatic rings. The maximum absolute atomic E-state index is 13.0. The second-order valence-electron chi connectivity index (χ2n) is 6.57. The molecule has 1 aliphatic carbocycles. The molecule has 0 bridgehead atoms. The number of carbonyl (C=O) groups excluding carboxylic acids is 1. The average Bonchev–Trinajstić information content (AvgIpc) is 2.62. The number of halogens is 1. The lowest BCUT2D eigenvalue weighted by molar-refractivity contribution is 0.0954. The molecule has 3 rings (SSSR count). The van der Waals surface area contributed by atoms with Gasteiger partial charge >= 0.3 is 0 Å². The fraction of sp³-hybridized carbons (Fsp3) is 0.368. The standard InChI is InChI=1S/C19H21ClN2O3S/c1-26(24,25)15-10-11-17(20)16(13-15)19(23)22-12-6-5-9-18(22)21-14-7-3-2-4-8-14/h5-6,9-14H,2-4,7-8H2,1H3. The van der Waals surface area contributed by atoms with Crippen LogP contribution in [0.25, 0.3) is 0 Å². The molecule has 5 nitrogen and oxygen atoms in total. The lowest BCUT2D eigenvalue weighted by atomic mass is 9.96. The Hall–Kier alpha value is -1.92. The van der Waals surface area contributed by atoms with Crippen molar-refractivity contribution in [2.24, 2.45) is 4.99 Å². The Labute approximate surface area is 158 Å². The summed E-state index contributed by atoms with van der Waals surface area (Å²) in [5.74, 6) is -0.393. The van der Waals surface area contributed by atoms with Gasteiger partial charge in [0.25, 0.3) is 5.91 Å². The topological polar surface area (TPSA) is 68.5 Å². The number of carbonyl (C=O) groups is 1. The number of benzene rings is 1. The highest BCUT2D eigenvalue weighted by Crippen LogP contribution is 2.22. The van der Waals surface area contributed by atoms with Crippen molar-refractivity contribution >= 4 is 27.3 Å². The van der Waals surface area contributed by atoms with Crippen molar-refractivity contribution in [1.29, 1.82) is 0 Å². The Morgan fingerprint density at radius 1 is 1.15 bits per heavy atom. The number of hydrogen-bond acceptors (Lipinski definition) is 4. The highest BCUT2D eigenvalue weighted by Gasteiger charge is 2.18. The third kappa shape index (κ3) is 4.24. The fourth-order valence-electron chi connectivity index (χ4n) is 3.14. The van der Waals surface area contributed by atoms with Crippen LogP contribution < -0.4 is 5.49 Å². The molecule has 0 aliphatic heterocycles. The zero-order valence-corrected chi connectivity index (χ0v) is 16.1. The van der Waals surface area contributed by atoms with E-state index < -0.39 is 15.7 Å². The lowest BCUT2D eigenvalue weighted by Gasteiger charge is -2.18. The maximum Gasteiger partial charge on any atom is 0.265 e. The van der Waals surface area contributed by atoms with E-state index in [0.29, 0.717) is 5.49 Å². The van der Waals surface area contributed by atoms with Crippen LogP contribution in [0.3, 0.4) is 0 Å². The van der Waals surface area contributed by atoms with Crippen molar-refractivity contribution in [1.82, 2.24) is 4.57 Å². The van der Waals surface area contributed by atoms with Crippen molar-refractivity contribution in [3.63, 3.8) is 0 Å². The first-order valence-electron chi connectivity index (χ1n) is 8.62. The Morgan fingerprint density at radius 2 is 1.88 bits per heavy atom. The molecular weight excluding hydrogens is 372 g/mol. The van der Waals surface area contributed by atoms with Crippen LogP contribution in [0.4, 0.5) is 0 Å². The molecule has 0 spiro atoms. The molecule has 7 heteroatoms. The number of aromatic nitrogens is 1. The van der Waals surface area contributed by atoms with Gasteiger partial charge < -0.3 is 0 Å². The number of hydrogen-bond donors (Lipinski definition) is 0. The van der Waals surface area contributed by atoms with Crippen molar-refractivity contribution in [3.8, 4) is 0 Å². The molecule has 138 valence electrons. The zero-order valence-electron chi connectivity index (χ0n) is 14.6. The van der Waals surface area contributed by atoms with Gasteiger partial charge in [-0.15, -0.1) is 0 Å². The molecule has 0 atom stereocenters. The molecule has 0 N–H and O–H groups in total. The smallest absolute Gasteiger partial charge is 0.265 e. The Kier molecular flexibility index (Phi) is 5.63. The highest BCUT2D eigenvalue weighted by molar-refractivity contribution is 7.90. The molecular formula is C19H21ClN2O3S. The zero-order chi connectivity index (χ0) is 18.7. The molecule has 1 fully saturated rings. The predicted octanol–water partition coefficient (Wildman–Crippen LogP) is 3.47. The Morgan fingerprint density at radius 3 is 2.58 bits per heavy atom. The summed E-state index contributed by atoms with van der Waals surface area (Å²) < 4.78 is 25.0. The van der Waals surface area contributed by atoms with Gasteiger partial charge in [0.05, 0.1) is 21.5 Å². The summed E-state index contributed by atoms with van der Waals surface area (Å²) in [7, 11) is -3.43. The highest BCUT2D eigenvalue weighted by atomic mass is 35.5. The average molecular weight is 393 g/mol. The van der Waals surface area contributed by atoms with Crippen molar-refractivity contribution in [3.05, 3.63) is 58.7 Å². The minimum Gasteiger partial charge on any atom is -0.268 e. The van der Waals surface area contributed by atoms with Crippen LogP contribution in [-0.4, -0.2) is 31.2 Å². The molecule has 0 amide bonds. The van der Waals surface area contributed by atoms with Gasteiger partial charge in [-0.05, 0) is 43.2 Å². The fourth-order valence-corrected chi connectivity index (χ4v) is 3.98. The van der Waals surface area contributed by atoms with E-state index in [1.54, 1.807) is 18.3 Å². The van der Waals surface area contributed by atoms with E-state index in [-0.39, 0.29) is 21.5 Å². The van der Waals surface area contributed by atoms with Crippen molar-refractivity contribution in [2.75, 3.05) is 6.26 Å². The maximum atomic E-state index is 13.0. The number of nitrogens with zero attached hydrogens (tertiary/aromatic N) is 2. The SMILES string of the molecule is CS(=O)(=O)c1ccc(Cl)c(C(=O)n2ccccc2=NC2CCCCC2)c1. The minimum absolute atomic E-state index is 0.0625. The van der Waals surface area contributed by atoms with Gasteiger partial charge in [0.2, 0.25) is 0 Å². The van der Waals surface area contributed by atoms with E-state index in [1.165, 1.54) is 29.2 Å². The number of pyridine rings is 1. The van der Waals surface area contributed by atoms with E-state index >= 15 is 0 Å². The van der Waals surface area contributed by atoms with Crippen LogP contribution in [0, 0.1) is 0 Å². The lowest BCUT2D eigenvalue weighted by Crippen LogP contribution is -2.29. The van der Waals surface area contributed by atoms with Crippen LogP contribution in [0.5, 0.6) is 0 Å². The first kappa shape index (κ1) is 18.9. The molecule has 1 aromatic carbocycles. The summed E-state index contributed by atoms with van der Waals surface area (Å²) in [6, 6.07) is 9.74. The van der Waals surface area contributed by atoms with E-state index in [2.05, 4.69) is 0 Å². The van der Waals surface area contributed by atoms with Crippen LogP contribution in [0.2, 0.25) is 5.02 Å². The van der Waals surface area contributed by atoms with Gasteiger partial charge in [-0.2, -0.15) is 0 Å². The second-order valence-corrected chi connectivity index (χ2v) is 8.99. The molecule has 1 heterocycles. The number of sulfone groups is 1. The van der Waals surface area contributed by atoms with E-state index in [1.807, 2.05) is 6.07 Å². The second kappa shape index (κ2) is 7.76. The van der Waals surface area contributed by atoms with Gasteiger partial charge in [-0.1, -0.05) is 36.9 Å². The van der Waals surface area contributed by atoms with Crippen LogP contribution in [-0.2, 0) is 9.84 Å². The third-order valence-electron chi connectivity index (χ3n) is 4.54. The largest absolute Gasteiger partial charge is 0.268 e. The molecule has 1 aromatic heterocycles. The summed E-state index contributed by atoms with van der Waals surface area (Å²) in [6.07, 6.45) is 8.31. The van der Waals surface area contributed by atoms with Crippen molar-refractivity contribution in [2.45, 2.75) is 43.0 Å². The van der Waals surface area contributed by atoms with Crippen LogP contribution >= 0.6 is 11.6 Å². The quantitative estimate of drug-likeness (QED) is 0.803. The predicted molar refractivity (Wildman–Crippen MR) is 101 cm³/mol. The normalized spacial score (nSPS) is 16.6. The summed E-state index contributed by atoms with van der Waals surface area (Å²) in [5, 5.41) is 0.211. The molecule has 1 saturated carbocycles. The van der Waals surface area contributed by atoms with E-state index in [4.69, 9.17) is 16.6 Å². The molecule has 0 saturated heterocycles. The van der Waals surface area contributed by atoms with Crippen LogP contribution in [0.1, 0.15) is 42.5 Å². The molecule has 1 aliphatic rings. The van der Waals surface area contributed by atoms with Crippen LogP contribution in [0.15, 0.2) is 52.5 Å². The Bertz CT molecular complexity index is 990. The monoisotopic (exact) mass is 392 g/mol. The minimum atomic E-state index is -3.43. The van der Waals surface area contributed by atoms with Gasteiger partial charge in [-0.25, -0.2) is 8.42 Å². The van der Waals surface area contributed by atoms with Gasteiger partial charge in [-0.3, -0.25) is 14.4 Å². The Balaban J connectivity index is 2.05. The van der Waals surface area contributed by atoms with Gasteiger partial charge in [0, 0.05) is 12.5 Å². The van der Waals surface area contributed by atoms with E-state index in [9.17, 15) is 13.2 Å². The number of rotatable bonds is 3. The first-order valence-corrected chi connectivity index (χ1v) is 10.9. The van der Waals surface area contributed by atoms with Gasteiger partial charge in [0.1, 0.15) is 5.49 Å². The summed E-state index contributed by atoms with van der Waals surface area (Å²) in [4.78, 5) is 17.8. The molecule has 0 radical (unpaired) electrons. The first-order chi connectivity index (χ1) is 12.4. The van der Waals surface area contributed by atoms with Gasteiger partial charge in [0.15, 0.2) is 9.84 Å². The third-order valence-corrected chi connectivity index (χ3v) is 5.98.